The van der Waals surface area contributed by atoms with E-state index in [2.05, 4.69) is 27.7 Å². The molecule has 0 aromatic rings. The Kier molecular flexibility index (Phi) is 4.53. The van der Waals surface area contributed by atoms with E-state index >= 15 is 0 Å². The van der Waals surface area contributed by atoms with Crippen LogP contribution in [0, 0.1) is 0 Å². The van der Waals surface area contributed by atoms with E-state index in [9.17, 15) is 0 Å². The summed E-state index contributed by atoms with van der Waals surface area (Å²) in [5.74, 6) is 4.90. The van der Waals surface area contributed by atoms with Crippen LogP contribution in [0.3, 0.4) is 0 Å². The molecule has 4 N–H and O–H groups in total. The number of hydrogen-bond donors (Lipinski definition) is 3. The maximum Gasteiger partial charge on any atom is 0.182 e. The molecule has 0 saturated carbocycles. The molecule has 5 heteroatoms. The molecular formula is C3H9N3OS. The Morgan fingerprint density at radius 2 is 2.50 bits per heavy atom. The average Bonchev–Trinajstić information content (AvgIpc) is 1.83. The summed E-state index contributed by atoms with van der Waals surface area (Å²) in [4.78, 5) is 0. The average molecular weight is 135 g/mol. The molecule has 48 valence electrons. The maximum absolute atomic E-state index is 4.90. The number of nitrogens with two attached hydrogens (primary N) is 1. The van der Waals surface area contributed by atoms with Crippen LogP contribution in [0.1, 0.15) is 0 Å². The summed E-state index contributed by atoms with van der Waals surface area (Å²) in [6.45, 7) is 0.378. The molecule has 0 spiro atoms. The van der Waals surface area contributed by atoms with E-state index in [1.54, 1.807) is 7.11 Å². The van der Waals surface area contributed by atoms with Gasteiger partial charge in [0.2, 0.25) is 0 Å². The Bertz CT molecular complexity index is 76.9. The number of nitrogens with one attached hydrogen (secondary N) is 2. The first-order chi connectivity index (χ1) is 3.81. The lowest BCUT2D eigenvalue weighted by molar-refractivity contribution is 0.192. The van der Waals surface area contributed by atoms with Crippen LogP contribution in [0.25, 0.3) is 0 Å². The number of thiocarbonyl (C=S) groups is 1. The van der Waals surface area contributed by atoms with Crippen LogP contribution >= 0.6 is 12.2 Å². The minimum absolute atomic E-state index is 0.378. The highest BCUT2D eigenvalue weighted by Crippen LogP contribution is 1.60. The van der Waals surface area contributed by atoms with Gasteiger partial charge in [0.25, 0.3) is 0 Å². The molecule has 0 aromatic heterocycles. The van der Waals surface area contributed by atoms with Crippen molar-refractivity contribution < 1.29 is 4.74 Å². The fourth-order valence-electron chi connectivity index (χ4n) is 0.189. The summed E-state index contributed by atoms with van der Waals surface area (Å²) in [6.07, 6.45) is 0. The first kappa shape index (κ1) is 7.61. The molecule has 0 heterocycles. The number of rotatable bonds is 2. The number of methoxy groups -OCH3 is 1. The highest BCUT2D eigenvalue weighted by molar-refractivity contribution is 7.80. The summed E-state index contributed by atoms with van der Waals surface area (Å²) < 4.78 is 4.62. The molecule has 0 bridgehead atoms. The summed E-state index contributed by atoms with van der Waals surface area (Å²) in [5.41, 5.74) is 2.24. The lowest BCUT2D eigenvalue weighted by atomic mass is 11.0. The summed E-state index contributed by atoms with van der Waals surface area (Å²) >= 11 is 4.59. The van der Waals surface area contributed by atoms with Crippen LogP contribution in [0.15, 0.2) is 0 Å². The van der Waals surface area contributed by atoms with Gasteiger partial charge in [-0.05, 0) is 12.2 Å². The minimum Gasteiger partial charge on any atom is -0.365 e. The Morgan fingerprint density at radius 3 is 2.88 bits per heavy atom. The molecule has 0 aromatic carbocycles. The second-order valence-electron chi connectivity index (χ2n) is 1.08. The number of hydrazine groups is 1. The number of hydrogen-bond acceptors (Lipinski definition) is 3. The Labute approximate surface area is 53.4 Å². The van der Waals surface area contributed by atoms with Crippen molar-refractivity contribution in [2.45, 2.75) is 0 Å². The SMILES string of the molecule is COCNC(=S)NN. The van der Waals surface area contributed by atoms with Crippen LogP contribution in [0.5, 0.6) is 0 Å². The largest absolute Gasteiger partial charge is 0.365 e. The van der Waals surface area contributed by atoms with Crippen molar-refractivity contribution in [1.29, 1.82) is 0 Å². The number of ether oxygens (including phenoxy) is 1. The van der Waals surface area contributed by atoms with Gasteiger partial charge in [0.1, 0.15) is 6.73 Å². The second-order valence-corrected chi connectivity index (χ2v) is 1.49. The maximum atomic E-state index is 4.90. The van der Waals surface area contributed by atoms with Gasteiger partial charge in [0.05, 0.1) is 0 Å². The molecule has 4 nitrogen and oxygen atoms in total. The zero-order valence-corrected chi connectivity index (χ0v) is 5.42. The minimum atomic E-state index is 0.378. The van der Waals surface area contributed by atoms with E-state index in [0.717, 1.165) is 0 Å². The molecular weight excluding hydrogens is 126 g/mol. The van der Waals surface area contributed by atoms with Crippen LogP contribution in [0.2, 0.25) is 0 Å². The van der Waals surface area contributed by atoms with E-state index in [0.29, 0.717) is 11.8 Å². The molecule has 0 rings (SSSR count). The standard InChI is InChI=1S/C3H9N3OS/c1-7-2-5-3(8)6-4/h2,4H2,1H3,(H2,5,6,8). The normalized spacial score (nSPS) is 8.25. The molecule has 0 unspecified atom stereocenters. The summed E-state index contributed by atoms with van der Waals surface area (Å²) in [5, 5.41) is 3.04. The van der Waals surface area contributed by atoms with Gasteiger partial charge in [-0.2, -0.15) is 0 Å². The predicted octanol–water partition coefficient (Wildman–Crippen LogP) is -1.07. The molecule has 0 radical (unpaired) electrons. The van der Waals surface area contributed by atoms with Crippen LogP contribution < -0.4 is 16.6 Å². The lowest BCUT2D eigenvalue weighted by Gasteiger charge is -2.02. The zero-order valence-electron chi connectivity index (χ0n) is 4.60. The first-order valence-electron chi connectivity index (χ1n) is 2.04. The highest BCUT2D eigenvalue weighted by atomic mass is 32.1. The van der Waals surface area contributed by atoms with Crippen molar-refractivity contribution in [1.82, 2.24) is 10.7 Å². The Hall–Kier alpha value is -0.390. The predicted molar refractivity (Wildman–Crippen MR) is 34.9 cm³/mol. The van der Waals surface area contributed by atoms with Gasteiger partial charge in [0.15, 0.2) is 5.11 Å². The monoisotopic (exact) mass is 135 g/mol. The Morgan fingerprint density at radius 1 is 1.88 bits per heavy atom. The van der Waals surface area contributed by atoms with Gasteiger partial charge in [0, 0.05) is 7.11 Å². The quantitative estimate of drug-likeness (QED) is 0.195. The smallest absolute Gasteiger partial charge is 0.182 e. The Balaban J connectivity index is 2.99. The molecule has 0 aliphatic rings. The molecule has 0 amide bonds. The fourth-order valence-corrected chi connectivity index (χ4v) is 0.248. The van der Waals surface area contributed by atoms with Gasteiger partial charge in [-0.15, -0.1) is 0 Å². The van der Waals surface area contributed by atoms with Gasteiger partial charge >= 0.3 is 0 Å². The molecule has 0 aliphatic carbocycles. The molecule has 8 heavy (non-hydrogen) atoms. The van der Waals surface area contributed by atoms with Gasteiger partial charge in [-0.25, -0.2) is 5.84 Å². The second kappa shape index (κ2) is 4.76. The van der Waals surface area contributed by atoms with Gasteiger partial charge < -0.3 is 15.5 Å². The van der Waals surface area contributed by atoms with E-state index in [1.807, 2.05) is 0 Å². The fraction of sp³-hybridized carbons (Fsp3) is 0.667. The van der Waals surface area contributed by atoms with Crippen molar-refractivity contribution in [3.8, 4) is 0 Å². The van der Waals surface area contributed by atoms with Gasteiger partial charge in [-0.1, -0.05) is 0 Å². The highest BCUT2D eigenvalue weighted by Gasteiger charge is 1.84. The van der Waals surface area contributed by atoms with Crippen LogP contribution in [0.4, 0.5) is 0 Å². The van der Waals surface area contributed by atoms with Crippen molar-refractivity contribution in [2.75, 3.05) is 13.8 Å². The topological polar surface area (TPSA) is 59.3 Å². The van der Waals surface area contributed by atoms with Crippen molar-refractivity contribution >= 4 is 17.3 Å². The van der Waals surface area contributed by atoms with E-state index in [-0.39, 0.29) is 0 Å². The van der Waals surface area contributed by atoms with Gasteiger partial charge in [-0.3, -0.25) is 0 Å². The van der Waals surface area contributed by atoms with E-state index in [1.165, 1.54) is 0 Å². The summed E-state index contributed by atoms with van der Waals surface area (Å²) in [6, 6.07) is 0. The summed E-state index contributed by atoms with van der Waals surface area (Å²) in [7, 11) is 1.56. The van der Waals surface area contributed by atoms with Crippen LogP contribution in [-0.2, 0) is 4.74 Å². The first-order valence-corrected chi connectivity index (χ1v) is 2.45. The van der Waals surface area contributed by atoms with Crippen molar-refractivity contribution in [3.63, 3.8) is 0 Å². The van der Waals surface area contributed by atoms with E-state index in [4.69, 9.17) is 5.84 Å². The lowest BCUT2D eigenvalue weighted by Crippen LogP contribution is -2.40. The molecule has 0 fully saturated rings. The van der Waals surface area contributed by atoms with Crippen molar-refractivity contribution in [2.24, 2.45) is 5.84 Å². The molecule has 0 aliphatic heterocycles. The van der Waals surface area contributed by atoms with Crippen molar-refractivity contribution in [3.05, 3.63) is 0 Å². The molecule has 0 saturated heterocycles. The van der Waals surface area contributed by atoms with E-state index < -0.39 is 0 Å². The zero-order chi connectivity index (χ0) is 6.41. The third-order valence-corrected chi connectivity index (χ3v) is 0.770. The van der Waals surface area contributed by atoms with Crippen LogP contribution in [-0.4, -0.2) is 19.0 Å². The molecule has 0 atom stereocenters. The third-order valence-electron chi connectivity index (χ3n) is 0.508. The third kappa shape index (κ3) is 3.79.